The van der Waals surface area contributed by atoms with E-state index in [2.05, 4.69) is 0 Å². The van der Waals surface area contributed by atoms with Crippen LogP contribution >= 0.6 is 11.6 Å². The topological polar surface area (TPSA) is 77.8 Å². The molecule has 2 rings (SSSR count). The number of methoxy groups -OCH3 is 2. The summed E-state index contributed by atoms with van der Waals surface area (Å²) in [6.07, 6.45) is 0. The maximum Gasteiger partial charge on any atom is 0.354 e. The molecule has 0 spiro atoms. The van der Waals surface area contributed by atoms with Gasteiger partial charge in [0.25, 0.3) is 5.91 Å². The van der Waals surface area contributed by atoms with Gasteiger partial charge in [-0.25, -0.2) is 4.79 Å². The van der Waals surface area contributed by atoms with Gasteiger partial charge in [-0.15, -0.1) is 0 Å². The van der Waals surface area contributed by atoms with Gasteiger partial charge in [0.05, 0.1) is 19.8 Å². The number of ketones is 1. The second kappa shape index (κ2) is 9.91. The number of benzene rings is 1. The van der Waals surface area contributed by atoms with Crippen molar-refractivity contribution in [2.24, 2.45) is 7.05 Å². The molecule has 8 heteroatoms. The number of esters is 1. The molecule has 0 aliphatic rings. The van der Waals surface area contributed by atoms with Crippen LogP contribution in [0.2, 0.25) is 5.02 Å². The molecule has 7 nitrogen and oxygen atoms in total. The highest BCUT2D eigenvalue weighted by molar-refractivity contribution is 6.30. The van der Waals surface area contributed by atoms with Crippen molar-refractivity contribution in [1.29, 1.82) is 0 Å². The number of halogens is 1. The number of rotatable bonds is 8. The lowest BCUT2D eigenvalue weighted by Gasteiger charge is -2.28. The van der Waals surface area contributed by atoms with E-state index in [1.165, 1.54) is 19.1 Å². The van der Waals surface area contributed by atoms with E-state index in [0.29, 0.717) is 33.1 Å². The third-order valence-electron chi connectivity index (χ3n) is 5.29. The van der Waals surface area contributed by atoms with E-state index < -0.39 is 12.0 Å². The largest absolute Gasteiger partial charge is 0.464 e. The Morgan fingerprint density at radius 2 is 1.73 bits per heavy atom. The fraction of sp³-hybridized carbons (Fsp3) is 0.409. The summed E-state index contributed by atoms with van der Waals surface area (Å²) >= 11 is 5.92. The molecule has 0 saturated carbocycles. The Labute approximate surface area is 181 Å². The number of carbonyl (C=O) groups is 3. The Balaban J connectivity index is 2.44. The summed E-state index contributed by atoms with van der Waals surface area (Å²) < 4.78 is 11.6. The highest BCUT2D eigenvalue weighted by atomic mass is 35.5. The van der Waals surface area contributed by atoms with Crippen LogP contribution in [0.25, 0.3) is 0 Å². The average molecular weight is 435 g/mol. The van der Waals surface area contributed by atoms with Crippen LogP contribution in [0.15, 0.2) is 24.3 Å². The fourth-order valence-corrected chi connectivity index (χ4v) is 3.62. The Kier molecular flexibility index (Phi) is 7.81. The third-order valence-corrected chi connectivity index (χ3v) is 5.54. The van der Waals surface area contributed by atoms with Crippen molar-refractivity contribution in [2.75, 3.05) is 27.4 Å². The first-order chi connectivity index (χ1) is 14.1. The number of Topliss-reactive ketones (excluding diaryl/α,β-unsaturated/α-hetero) is 1. The number of ether oxygens (including phenoxy) is 2. The van der Waals surface area contributed by atoms with Crippen molar-refractivity contribution in [3.8, 4) is 0 Å². The highest BCUT2D eigenvalue weighted by Crippen LogP contribution is 2.25. The molecule has 1 heterocycles. The standard InChI is InChI=1S/C22H27ClN2O5/c1-13-18(14(2)24(4)19(13)22(28)30-6)20(26)15(3)25(11-12-29-5)21(27)16-7-9-17(23)10-8-16/h7-10,15H,11-12H2,1-6H3. The summed E-state index contributed by atoms with van der Waals surface area (Å²) in [4.78, 5) is 40.2. The molecule has 0 aliphatic heterocycles. The molecule has 2 aromatic rings. The van der Waals surface area contributed by atoms with Crippen molar-refractivity contribution in [2.45, 2.75) is 26.8 Å². The van der Waals surface area contributed by atoms with Gasteiger partial charge in [0.1, 0.15) is 5.69 Å². The lowest BCUT2D eigenvalue weighted by molar-refractivity contribution is 0.0563. The molecule has 0 saturated heterocycles. The molecule has 0 radical (unpaired) electrons. The van der Waals surface area contributed by atoms with E-state index in [9.17, 15) is 14.4 Å². The summed E-state index contributed by atoms with van der Waals surface area (Å²) in [5.41, 5.74) is 2.32. The molecule has 0 N–H and O–H groups in total. The minimum Gasteiger partial charge on any atom is -0.464 e. The van der Waals surface area contributed by atoms with Crippen LogP contribution in [-0.4, -0.2) is 60.5 Å². The minimum absolute atomic E-state index is 0.236. The van der Waals surface area contributed by atoms with Gasteiger partial charge in [0, 0.05) is 42.5 Å². The number of hydrogen-bond donors (Lipinski definition) is 0. The molecular weight excluding hydrogens is 408 g/mol. The summed E-state index contributed by atoms with van der Waals surface area (Å²) in [5, 5.41) is 0.519. The van der Waals surface area contributed by atoms with Crippen molar-refractivity contribution < 1.29 is 23.9 Å². The number of nitrogens with zero attached hydrogens (tertiary/aromatic N) is 2. The van der Waals surface area contributed by atoms with Gasteiger partial charge in [-0.3, -0.25) is 9.59 Å². The summed E-state index contributed by atoms with van der Waals surface area (Å²) in [6, 6.07) is 5.73. The summed E-state index contributed by atoms with van der Waals surface area (Å²) in [6.45, 7) is 5.66. The van der Waals surface area contributed by atoms with Crippen molar-refractivity contribution in [3.63, 3.8) is 0 Å². The number of carbonyl (C=O) groups excluding carboxylic acids is 3. The third kappa shape index (κ3) is 4.57. The van der Waals surface area contributed by atoms with Crippen LogP contribution in [-0.2, 0) is 16.5 Å². The lowest BCUT2D eigenvalue weighted by atomic mass is 9.99. The first-order valence-corrected chi connectivity index (χ1v) is 9.87. The van der Waals surface area contributed by atoms with E-state index in [4.69, 9.17) is 21.1 Å². The average Bonchev–Trinajstić information content (AvgIpc) is 2.95. The van der Waals surface area contributed by atoms with Crippen LogP contribution in [0, 0.1) is 13.8 Å². The van der Waals surface area contributed by atoms with Crippen LogP contribution in [0.1, 0.15) is 49.4 Å². The van der Waals surface area contributed by atoms with Gasteiger partial charge in [0.15, 0.2) is 5.78 Å². The first kappa shape index (κ1) is 23.6. The SMILES string of the molecule is COCCN(C(=O)c1ccc(Cl)cc1)C(C)C(=O)c1c(C)c(C(=O)OC)n(C)c1C. The van der Waals surface area contributed by atoms with E-state index in [-0.39, 0.29) is 24.8 Å². The number of amides is 1. The molecule has 0 aliphatic carbocycles. The minimum atomic E-state index is -0.770. The van der Waals surface area contributed by atoms with Crippen LogP contribution in [0.4, 0.5) is 0 Å². The Bertz CT molecular complexity index is 949. The number of aromatic nitrogens is 1. The zero-order valence-corrected chi connectivity index (χ0v) is 18.9. The molecule has 1 amide bonds. The van der Waals surface area contributed by atoms with Gasteiger partial charge < -0.3 is 18.9 Å². The second-order valence-corrected chi connectivity index (χ2v) is 7.46. The molecule has 0 bridgehead atoms. The predicted molar refractivity (Wildman–Crippen MR) is 114 cm³/mol. The van der Waals surface area contributed by atoms with Gasteiger partial charge in [-0.1, -0.05) is 11.6 Å². The van der Waals surface area contributed by atoms with Gasteiger partial charge >= 0.3 is 5.97 Å². The molecule has 1 aromatic heterocycles. The van der Waals surface area contributed by atoms with Crippen LogP contribution in [0.5, 0.6) is 0 Å². The van der Waals surface area contributed by atoms with Crippen molar-refractivity contribution in [3.05, 3.63) is 57.4 Å². The maximum absolute atomic E-state index is 13.4. The summed E-state index contributed by atoms with van der Waals surface area (Å²) in [7, 11) is 4.54. The zero-order valence-electron chi connectivity index (χ0n) is 18.1. The Hall–Kier alpha value is -2.64. The predicted octanol–water partition coefficient (Wildman–Crippen LogP) is 3.44. The molecule has 0 fully saturated rings. The molecule has 30 heavy (non-hydrogen) atoms. The van der Waals surface area contributed by atoms with Gasteiger partial charge in [0.2, 0.25) is 0 Å². The highest BCUT2D eigenvalue weighted by Gasteiger charge is 2.32. The second-order valence-electron chi connectivity index (χ2n) is 7.02. The van der Waals surface area contributed by atoms with E-state index >= 15 is 0 Å². The van der Waals surface area contributed by atoms with Gasteiger partial charge in [-0.2, -0.15) is 0 Å². The number of hydrogen-bond acceptors (Lipinski definition) is 5. The summed E-state index contributed by atoms with van der Waals surface area (Å²) in [5.74, 6) is -1.07. The zero-order chi connectivity index (χ0) is 22.6. The van der Waals surface area contributed by atoms with Crippen LogP contribution in [0.3, 0.4) is 0 Å². The smallest absolute Gasteiger partial charge is 0.354 e. The first-order valence-electron chi connectivity index (χ1n) is 9.49. The lowest BCUT2D eigenvalue weighted by Crippen LogP contribution is -2.45. The molecule has 1 atom stereocenters. The fourth-order valence-electron chi connectivity index (χ4n) is 3.50. The molecule has 1 aromatic carbocycles. The molecular formula is C22H27ClN2O5. The van der Waals surface area contributed by atoms with E-state index in [1.54, 1.807) is 56.7 Å². The van der Waals surface area contributed by atoms with Crippen molar-refractivity contribution >= 4 is 29.3 Å². The van der Waals surface area contributed by atoms with E-state index in [0.717, 1.165) is 0 Å². The normalized spacial score (nSPS) is 11.8. The van der Waals surface area contributed by atoms with Gasteiger partial charge in [-0.05, 0) is 50.6 Å². The van der Waals surface area contributed by atoms with Crippen molar-refractivity contribution in [1.82, 2.24) is 9.47 Å². The maximum atomic E-state index is 13.4. The Morgan fingerprint density at radius 3 is 2.27 bits per heavy atom. The van der Waals surface area contributed by atoms with Crippen LogP contribution < -0.4 is 0 Å². The molecule has 162 valence electrons. The molecule has 1 unspecified atom stereocenters. The Morgan fingerprint density at radius 1 is 1.13 bits per heavy atom. The quantitative estimate of drug-likeness (QED) is 0.469. The monoisotopic (exact) mass is 434 g/mol. The van der Waals surface area contributed by atoms with E-state index in [1.807, 2.05) is 0 Å².